The van der Waals surface area contributed by atoms with Crippen LogP contribution >= 0.6 is 0 Å². The molecule has 0 aliphatic rings. The van der Waals surface area contributed by atoms with E-state index in [1.54, 1.807) is 6.07 Å². The average molecular weight is 309 g/mol. The number of hydrogen-bond acceptors (Lipinski definition) is 5. The van der Waals surface area contributed by atoms with Gasteiger partial charge < -0.3 is 0 Å². The molecule has 3 rings (SSSR count). The number of nitrogens with zero attached hydrogens (tertiary/aromatic N) is 5. The number of rotatable bonds is 3. The van der Waals surface area contributed by atoms with Crippen molar-refractivity contribution in [3.8, 4) is 23.0 Å². The number of benzene rings is 2. The van der Waals surface area contributed by atoms with Gasteiger partial charge in [-0.3, -0.25) is 10.1 Å². The lowest BCUT2D eigenvalue weighted by Gasteiger charge is -2.06. The molecule has 23 heavy (non-hydrogen) atoms. The molecular weight excluding hydrogens is 301 g/mol. The smallest absolute Gasteiger partial charge is 0.258 e. The van der Waals surface area contributed by atoms with Crippen molar-refractivity contribution in [2.75, 3.05) is 0 Å². The molecule has 0 N–H and O–H groups in total. The standard InChI is InChI=1S/C15H8FN5O2/c16-11-6-4-10(5-7-11)15-14(9-17)18-19-20(15)12-2-1-3-13(8-12)21(22)23/h1-8H. The van der Waals surface area contributed by atoms with Gasteiger partial charge >= 0.3 is 0 Å². The fourth-order valence-electron chi connectivity index (χ4n) is 2.14. The topological polar surface area (TPSA) is 97.6 Å². The second-order valence-electron chi connectivity index (χ2n) is 4.59. The summed E-state index contributed by atoms with van der Waals surface area (Å²) in [5, 5.41) is 27.8. The van der Waals surface area contributed by atoms with E-state index in [4.69, 9.17) is 0 Å². The molecule has 1 heterocycles. The van der Waals surface area contributed by atoms with Crippen LogP contribution in [-0.2, 0) is 0 Å². The predicted molar refractivity (Wildman–Crippen MR) is 78.1 cm³/mol. The molecule has 3 aromatic rings. The summed E-state index contributed by atoms with van der Waals surface area (Å²) in [5.41, 5.74) is 1.18. The maximum Gasteiger partial charge on any atom is 0.271 e. The van der Waals surface area contributed by atoms with Crippen LogP contribution in [0.3, 0.4) is 0 Å². The van der Waals surface area contributed by atoms with Gasteiger partial charge in [-0.15, -0.1) is 5.10 Å². The zero-order chi connectivity index (χ0) is 16.4. The zero-order valence-electron chi connectivity index (χ0n) is 11.5. The lowest BCUT2D eigenvalue weighted by molar-refractivity contribution is -0.384. The Morgan fingerprint density at radius 3 is 2.61 bits per heavy atom. The second kappa shape index (κ2) is 5.65. The summed E-state index contributed by atoms with van der Waals surface area (Å²) in [6.45, 7) is 0. The molecular formula is C15H8FN5O2. The molecule has 112 valence electrons. The summed E-state index contributed by atoms with van der Waals surface area (Å²) in [6, 6.07) is 13.2. The van der Waals surface area contributed by atoms with E-state index in [2.05, 4.69) is 10.3 Å². The Bertz CT molecular complexity index is 928. The first-order chi connectivity index (χ1) is 11.1. The van der Waals surface area contributed by atoms with Crippen LogP contribution in [-0.4, -0.2) is 19.9 Å². The number of non-ortho nitro benzene ring substituents is 1. The molecule has 0 unspecified atom stereocenters. The first-order valence-corrected chi connectivity index (χ1v) is 6.46. The van der Waals surface area contributed by atoms with Crippen LogP contribution < -0.4 is 0 Å². The van der Waals surface area contributed by atoms with Gasteiger partial charge in [0.2, 0.25) is 0 Å². The van der Waals surface area contributed by atoms with Crippen LogP contribution in [0.4, 0.5) is 10.1 Å². The van der Waals surface area contributed by atoms with Gasteiger partial charge in [-0.05, 0) is 30.3 Å². The van der Waals surface area contributed by atoms with Crippen LogP contribution in [0.25, 0.3) is 16.9 Å². The van der Waals surface area contributed by atoms with Gasteiger partial charge in [0.1, 0.15) is 17.6 Å². The van der Waals surface area contributed by atoms with Crippen LogP contribution in [0.2, 0.25) is 0 Å². The monoisotopic (exact) mass is 309 g/mol. The number of aromatic nitrogens is 3. The molecule has 0 saturated carbocycles. The normalized spacial score (nSPS) is 10.3. The third-order valence-electron chi connectivity index (χ3n) is 3.18. The SMILES string of the molecule is N#Cc1nnn(-c2cccc([N+](=O)[O-])c2)c1-c1ccc(F)cc1. The molecule has 7 nitrogen and oxygen atoms in total. The van der Waals surface area contributed by atoms with Crippen molar-refractivity contribution in [3.63, 3.8) is 0 Å². The van der Waals surface area contributed by atoms with Crippen LogP contribution in [0.15, 0.2) is 48.5 Å². The minimum atomic E-state index is -0.525. The lowest BCUT2D eigenvalue weighted by Crippen LogP contribution is -2.01. The minimum Gasteiger partial charge on any atom is -0.258 e. The van der Waals surface area contributed by atoms with E-state index in [0.29, 0.717) is 16.9 Å². The van der Waals surface area contributed by atoms with Gasteiger partial charge in [0.25, 0.3) is 5.69 Å². The van der Waals surface area contributed by atoms with Gasteiger partial charge in [-0.2, -0.15) is 5.26 Å². The van der Waals surface area contributed by atoms with E-state index in [1.807, 2.05) is 6.07 Å². The maximum absolute atomic E-state index is 13.1. The Morgan fingerprint density at radius 2 is 1.96 bits per heavy atom. The van der Waals surface area contributed by atoms with Crippen molar-refractivity contribution < 1.29 is 9.31 Å². The van der Waals surface area contributed by atoms with E-state index in [9.17, 15) is 19.8 Å². The van der Waals surface area contributed by atoms with Crippen LogP contribution in [0.5, 0.6) is 0 Å². The van der Waals surface area contributed by atoms with E-state index < -0.39 is 10.7 Å². The van der Waals surface area contributed by atoms with Crippen LogP contribution in [0.1, 0.15) is 5.69 Å². The summed E-state index contributed by atoms with van der Waals surface area (Å²) in [4.78, 5) is 10.4. The van der Waals surface area contributed by atoms with Crippen molar-refractivity contribution in [2.24, 2.45) is 0 Å². The first kappa shape index (κ1) is 14.3. The molecule has 0 atom stereocenters. The molecule has 2 aromatic carbocycles. The summed E-state index contributed by atoms with van der Waals surface area (Å²) >= 11 is 0. The van der Waals surface area contributed by atoms with E-state index in [0.717, 1.165) is 0 Å². The second-order valence-corrected chi connectivity index (χ2v) is 4.59. The molecule has 0 radical (unpaired) electrons. The van der Waals surface area contributed by atoms with Crippen molar-refractivity contribution in [3.05, 3.63) is 70.2 Å². The highest BCUT2D eigenvalue weighted by Crippen LogP contribution is 2.26. The summed E-state index contributed by atoms with van der Waals surface area (Å²) < 4.78 is 14.4. The summed E-state index contributed by atoms with van der Waals surface area (Å²) in [5.74, 6) is -0.415. The quantitative estimate of drug-likeness (QED) is 0.547. The molecule has 1 aromatic heterocycles. The van der Waals surface area contributed by atoms with Gasteiger partial charge in [0.15, 0.2) is 5.69 Å². The highest BCUT2D eigenvalue weighted by atomic mass is 19.1. The third-order valence-corrected chi connectivity index (χ3v) is 3.18. The Balaban J connectivity index is 2.20. The van der Waals surface area contributed by atoms with Crippen molar-refractivity contribution >= 4 is 5.69 Å². The van der Waals surface area contributed by atoms with Gasteiger partial charge in [-0.1, -0.05) is 11.3 Å². The largest absolute Gasteiger partial charge is 0.271 e. The van der Waals surface area contributed by atoms with Gasteiger partial charge in [0.05, 0.1) is 10.6 Å². The minimum absolute atomic E-state index is 0.0446. The maximum atomic E-state index is 13.1. The number of nitriles is 1. The highest BCUT2D eigenvalue weighted by Gasteiger charge is 2.17. The Hall–Kier alpha value is -3.60. The van der Waals surface area contributed by atoms with Crippen molar-refractivity contribution in [1.29, 1.82) is 5.26 Å². The first-order valence-electron chi connectivity index (χ1n) is 6.46. The van der Waals surface area contributed by atoms with Gasteiger partial charge in [0, 0.05) is 17.7 Å². The molecule has 0 amide bonds. The average Bonchev–Trinajstić information content (AvgIpc) is 2.99. The molecule has 0 bridgehead atoms. The van der Waals surface area contributed by atoms with E-state index >= 15 is 0 Å². The Morgan fingerprint density at radius 1 is 1.22 bits per heavy atom. The Kier molecular flexibility index (Phi) is 3.52. The van der Waals surface area contributed by atoms with Crippen molar-refractivity contribution in [1.82, 2.24) is 15.0 Å². The highest BCUT2D eigenvalue weighted by molar-refractivity contribution is 5.67. The molecule has 8 heteroatoms. The molecule has 0 spiro atoms. The summed E-state index contributed by atoms with van der Waals surface area (Å²) in [7, 11) is 0. The lowest BCUT2D eigenvalue weighted by atomic mass is 10.1. The Labute approximate surface area is 129 Å². The number of hydrogen-bond donors (Lipinski definition) is 0. The number of nitro benzene ring substituents is 1. The number of halogens is 1. The molecule has 0 aliphatic heterocycles. The predicted octanol–water partition coefficient (Wildman–Crippen LogP) is 2.85. The van der Waals surface area contributed by atoms with E-state index in [-0.39, 0.29) is 11.4 Å². The van der Waals surface area contributed by atoms with Crippen molar-refractivity contribution in [2.45, 2.75) is 0 Å². The summed E-state index contributed by atoms with van der Waals surface area (Å²) in [6.07, 6.45) is 0. The molecule has 0 aliphatic carbocycles. The fourth-order valence-corrected chi connectivity index (χ4v) is 2.14. The number of nitro groups is 1. The third kappa shape index (κ3) is 2.63. The molecule has 0 fully saturated rings. The fraction of sp³-hybridized carbons (Fsp3) is 0. The molecule has 0 saturated heterocycles. The van der Waals surface area contributed by atoms with Crippen LogP contribution in [0, 0.1) is 27.3 Å². The van der Waals surface area contributed by atoms with Gasteiger partial charge in [-0.25, -0.2) is 9.07 Å². The zero-order valence-corrected chi connectivity index (χ0v) is 11.5. The van der Waals surface area contributed by atoms with E-state index in [1.165, 1.54) is 47.1 Å².